The molecule has 0 spiro atoms. The molecule has 1 aromatic heterocycles. The first-order chi connectivity index (χ1) is 15.2. The Hall–Kier alpha value is -2.20. The van der Waals surface area contributed by atoms with Crippen LogP contribution in [0.2, 0.25) is 0 Å². The lowest BCUT2D eigenvalue weighted by molar-refractivity contribution is -0.144. The highest BCUT2D eigenvalue weighted by Crippen LogP contribution is 2.42. The van der Waals surface area contributed by atoms with Gasteiger partial charge in [0.05, 0.1) is 30.5 Å². The van der Waals surface area contributed by atoms with E-state index in [-0.39, 0.29) is 30.6 Å². The average molecular weight is 456 g/mol. The number of anilines is 1. The van der Waals surface area contributed by atoms with Gasteiger partial charge in [-0.15, -0.1) is 0 Å². The van der Waals surface area contributed by atoms with Gasteiger partial charge in [0, 0.05) is 31.5 Å². The van der Waals surface area contributed by atoms with E-state index >= 15 is 0 Å². The van der Waals surface area contributed by atoms with Crippen molar-refractivity contribution in [2.24, 2.45) is 5.92 Å². The van der Waals surface area contributed by atoms with Gasteiger partial charge in [0.15, 0.2) is 0 Å². The first kappa shape index (κ1) is 23.0. The Morgan fingerprint density at radius 2 is 1.97 bits per heavy atom. The average Bonchev–Trinajstić information content (AvgIpc) is 3.17. The maximum Gasteiger partial charge on any atom is 0.401 e. The summed E-state index contributed by atoms with van der Waals surface area (Å²) >= 11 is 0. The first-order valence-electron chi connectivity index (χ1n) is 11.2. The molecule has 178 valence electrons. The van der Waals surface area contributed by atoms with Crippen LogP contribution in [0.25, 0.3) is 5.70 Å². The highest BCUT2D eigenvalue weighted by Gasteiger charge is 2.42. The number of fused-ring (bicyclic) bond motifs is 2. The molecular weight excluding hydrogens is 423 g/mol. The lowest BCUT2D eigenvalue weighted by atomic mass is 9.83. The Morgan fingerprint density at radius 3 is 2.62 bits per heavy atom. The fourth-order valence-electron chi connectivity index (χ4n) is 5.41. The third kappa shape index (κ3) is 4.61. The van der Waals surface area contributed by atoms with E-state index in [0.29, 0.717) is 13.2 Å². The SMILES string of the molecule is COCN1CN(C2CCC(CN(C)CC(F)(F)F)CC2)C2=C(C1=O)C(C)Nc1[nH]ccc12. The lowest BCUT2D eigenvalue weighted by Crippen LogP contribution is -2.54. The summed E-state index contributed by atoms with van der Waals surface area (Å²) in [6.45, 7) is 2.24. The molecule has 1 aliphatic carbocycles. The van der Waals surface area contributed by atoms with Crippen LogP contribution < -0.4 is 5.32 Å². The second kappa shape index (κ2) is 8.97. The number of carbonyl (C=O) groups is 1. The predicted octanol–water partition coefficient (Wildman–Crippen LogP) is 3.30. The zero-order valence-corrected chi connectivity index (χ0v) is 18.8. The van der Waals surface area contributed by atoms with Crippen LogP contribution in [-0.2, 0) is 9.53 Å². The molecule has 0 bridgehead atoms. The summed E-state index contributed by atoms with van der Waals surface area (Å²) in [5.74, 6) is 1.15. The number of nitrogens with one attached hydrogen (secondary N) is 2. The normalized spacial score (nSPS) is 26.3. The summed E-state index contributed by atoms with van der Waals surface area (Å²) in [5.41, 5.74) is 2.71. The number of amides is 1. The number of halogens is 3. The van der Waals surface area contributed by atoms with E-state index < -0.39 is 12.7 Å². The molecule has 0 aromatic carbocycles. The maximum atomic E-state index is 13.2. The maximum absolute atomic E-state index is 13.2. The standard InChI is InChI=1S/C22H32F3N5O2/c1-14-18-19(17-8-9-26-20(17)27-14)30(12-29(13-32-3)21(18)31)16-6-4-15(5-7-16)10-28(2)11-22(23,24)25/h8-9,14-16,26-27H,4-7,10-13H2,1-3H3. The van der Waals surface area contributed by atoms with Gasteiger partial charge in [-0.2, -0.15) is 13.2 Å². The summed E-state index contributed by atoms with van der Waals surface area (Å²) in [5, 5.41) is 3.38. The van der Waals surface area contributed by atoms with Gasteiger partial charge in [-0.1, -0.05) is 0 Å². The molecule has 4 rings (SSSR count). The number of rotatable bonds is 6. The van der Waals surface area contributed by atoms with Gasteiger partial charge in [-0.3, -0.25) is 14.6 Å². The second-order valence-corrected chi connectivity index (χ2v) is 9.26. The lowest BCUT2D eigenvalue weighted by Gasteiger charge is -2.48. The Balaban J connectivity index is 1.52. The highest BCUT2D eigenvalue weighted by molar-refractivity contribution is 6.06. The van der Waals surface area contributed by atoms with E-state index in [4.69, 9.17) is 4.74 Å². The van der Waals surface area contributed by atoms with Crippen LogP contribution in [0.15, 0.2) is 17.8 Å². The van der Waals surface area contributed by atoms with Gasteiger partial charge < -0.3 is 19.9 Å². The zero-order chi connectivity index (χ0) is 23.0. The molecule has 3 heterocycles. The molecule has 3 aliphatic rings. The molecule has 0 saturated heterocycles. The van der Waals surface area contributed by atoms with Gasteiger partial charge in [-0.25, -0.2) is 0 Å². The van der Waals surface area contributed by atoms with Gasteiger partial charge >= 0.3 is 6.18 Å². The third-order valence-electron chi connectivity index (χ3n) is 6.74. The molecule has 1 aromatic rings. The highest BCUT2D eigenvalue weighted by atomic mass is 19.4. The number of alkyl halides is 3. The number of hydrogen-bond donors (Lipinski definition) is 2. The van der Waals surface area contributed by atoms with Crippen molar-refractivity contribution in [1.82, 2.24) is 19.7 Å². The van der Waals surface area contributed by atoms with E-state index in [9.17, 15) is 18.0 Å². The summed E-state index contributed by atoms with van der Waals surface area (Å²) in [7, 11) is 3.12. The van der Waals surface area contributed by atoms with Crippen molar-refractivity contribution in [3.05, 3.63) is 23.4 Å². The molecule has 2 N–H and O–H groups in total. The Kier molecular flexibility index (Phi) is 6.44. The van der Waals surface area contributed by atoms with Crippen LogP contribution in [0.3, 0.4) is 0 Å². The zero-order valence-electron chi connectivity index (χ0n) is 18.8. The number of hydrogen-bond acceptors (Lipinski definition) is 5. The van der Waals surface area contributed by atoms with Crippen LogP contribution >= 0.6 is 0 Å². The van der Waals surface area contributed by atoms with E-state index in [0.717, 1.165) is 48.3 Å². The minimum atomic E-state index is -4.17. The van der Waals surface area contributed by atoms with Gasteiger partial charge in [0.1, 0.15) is 12.5 Å². The summed E-state index contributed by atoms with van der Waals surface area (Å²) in [6, 6.07) is 2.08. The molecular formula is C22H32F3N5O2. The molecule has 7 nitrogen and oxygen atoms in total. The molecule has 1 atom stereocenters. The van der Waals surface area contributed by atoms with E-state index in [2.05, 4.69) is 15.2 Å². The molecule has 1 saturated carbocycles. The van der Waals surface area contributed by atoms with E-state index in [1.54, 1.807) is 19.1 Å². The number of ether oxygens (including phenoxy) is 1. The second-order valence-electron chi connectivity index (χ2n) is 9.26. The van der Waals surface area contributed by atoms with Crippen molar-refractivity contribution in [2.75, 3.05) is 46.0 Å². The fourth-order valence-corrected chi connectivity index (χ4v) is 5.41. The Bertz CT molecular complexity index is 860. The van der Waals surface area contributed by atoms with Crippen molar-refractivity contribution < 1.29 is 22.7 Å². The topological polar surface area (TPSA) is 63.8 Å². The van der Waals surface area contributed by atoms with Crippen LogP contribution in [0.5, 0.6) is 0 Å². The Labute approximate surface area is 186 Å². The molecule has 1 unspecified atom stereocenters. The summed E-state index contributed by atoms with van der Waals surface area (Å²) in [6.07, 6.45) is 1.23. The minimum absolute atomic E-state index is 0.0209. The van der Waals surface area contributed by atoms with Crippen LogP contribution in [0.4, 0.5) is 19.0 Å². The van der Waals surface area contributed by atoms with Crippen LogP contribution in [-0.4, -0.2) is 84.5 Å². The van der Waals surface area contributed by atoms with Crippen molar-refractivity contribution in [2.45, 2.75) is 50.9 Å². The van der Waals surface area contributed by atoms with Crippen LogP contribution in [0.1, 0.15) is 38.2 Å². The number of nitrogens with zero attached hydrogens (tertiary/aromatic N) is 3. The molecule has 2 aliphatic heterocycles. The summed E-state index contributed by atoms with van der Waals surface area (Å²) in [4.78, 5) is 21.9. The molecule has 10 heteroatoms. The molecule has 32 heavy (non-hydrogen) atoms. The van der Waals surface area contributed by atoms with Crippen molar-refractivity contribution in [1.29, 1.82) is 0 Å². The summed E-state index contributed by atoms with van der Waals surface area (Å²) < 4.78 is 43.3. The van der Waals surface area contributed by atoms with Crippen LogP contribution in [0, 0.1) is 5.92 Å². The van der Waals surface area contributed by atoms with Crippen molar-refractivity contribution >= 4 is 17.4 Å². The van der Waals surface area contributed by atoms with E-state index in [1.807, 2.05) is 19.2 Å². The number of aromatic nitrogens is 1. The van der Waals surface area contributed by atoms with E-state index in [1.165, 1.54) is 4.90 Å². The number of methoxy groups -OCH3 is 1. The number of aromatic amines is 1. The van der Waals surface area contributed by atoms with Gasteiger partial charge in [-0.05, 0) is 51.6 Å². The molecule has 1 amide bonds. The number of H-pyrrole nitrogens is 1. The van der Waals surface area contributed by atoms with Gasteiger partial charge in [0.2, 0.25) is 0 Å². The third-order valence-corrected chi connectivity index (χ3v) is 6.74. The largest absolute Gasteiger partial charge is 0.401 e. The molecule has 0 radical (unpaired) electrons. The quantitative estimate of drug-likeness (QED) is 0.689. The monoisotopic (exact) mass is 455 g/mol. The molecule has 1 fully saturated rings. The first-order valence-corrected chi connectivity index (χ1v) is 11.2. The van der Waals surface area contributed by atoms with Gasteiger partial charge in [0.25, 0.3) is 5.91 Å². The Morgan fingerprint density at radius 1 is 1.25 bits per heavy atom. The predicted molar refractivity (Wildman–Crippen MR) is 116 cm³/mol. The number of carbonyl (C=O) groups excluding carboxylic acids is 1. The minimum Gasteiger partial charge on any atom is -0.364 e. The fraction of sp³-hybridized carbons (Fsp3) is 0.682. The smallest absolute Gasteiger partial charge is 0.364 e. The van der Waals surface area contributed by atoms with Crippen molar-refractivity contribution in [3.63, 3.8) is 0 Å². The van der Waals surface area contributed by atoms with Crippen molar-refractivity contribution in [3.8, 4) is 0 Å².